The van der Waals surface area contributed by atoms with Gasteiger partial charge in [-0.15, -0.1) is 11.3 Å². The number of hydrogen-bond acceptors (Lipinski definition) is 3. The minimum Gasteiger partial charge on any atom is -0.344 e. The highest BCUT2D eigenvalue weighted by Crippen LogP contribution is 2.54. The topological polar surface area (TPSA) is 66.4 Å². The van der Waals surface area contributed by atoms with E-state index in [0.29, 0.717) is 10.6 Å². The number of hydrogen-bond donors (Lipinski definition) is 2. The Balaban J connectivity index is 1.91. The Kier molecular flexibility index (Phi) is 6.24. The normalized spacial score (nSPS) is 15.0. The molecule has 2 aromatic carbocycles. The van der Waals surface area contributed by atoms with Crippen LogP contribution in [0.15, 0.2) is 58.5 Å². The molecule has 8 heteroatoms. The van der Waals surface area contributed by atoms with E-state index in [1.165, 1.54) is 24.2 Å². The predicted molar refractivity (Wildman–Crippen MR) is 117 cm³/mol. The van der Waals surface area contributed by atoms with Gasteiger partial charge in [-0.05, 0) is 52.2 Å². The van der Waals surface area contributed by atoms with Crippen LogP contribution in [0.4, 0.5) is 0 Å². The average Bonchev–Trinajstić information content (AvgIpc) is 2.98. The summed E-state index contributed by atoms with van der Waals surface area (Å²) in [5.74, 6) is -0.536. The van der Waals surface area contributed by atoms with E-state index in [9.17, 15) is 14.3 Å². The quantitative estimate of drug-likeness (QED) is 0.434. The van der Waals surface area contributed by atoms with Crippen LogP contribution in [0.25, 0.3) is 16.2 Å². The molecule has 0 aliphatic carbocycles. The molecule has 4 nitrogen and oxygen atoms in total. The first-order chi connectivity index (χ1) is 12.8. The molecular formula is C19H16BrClNO3PS. The third-order valence-electron chi connectivity index (χ3n) is 3.98. The summed E-state index contributed by atoms with van der Waals surface area (Å²) >= 11 is 10.9. The molecule has 3 aromatic rings. The van der Waals surface area contributed by atoms with Crippen LogP contribution in [0.1, 0.15) is 16.8 Å². The van der Waals surface area contributed by atoms with Gasteiger partial charge in [0.1, 0.15) is 5.66 Å². The van der Waals surface area contributed by atoms with Crippen molar-refractivity contribution in [2.75, 3.05) is 6.66 Å². The minimum absolute atomic E-state index is 0.512. The second-order valence-electron chi connectivity index (χ2n) is 6.04. The number of fused-ring (bicyclic) bond motifs is 1. The maximum absolute atomic E-state index is 12.8. The summed E-state index contributed by atoms with van der Waals surface area (Å²) in [6.07, 6.45) is 3.20. The number of thiophene rings is 1. The number of carbonyl (C=O) groups excluding carboxylic acids is 1. The molecule has 0 saturated carbocycles. The fourth-order valence-electron chi connectivity index (χ4n) is 2.75. The summed E-state index contributed by atoms with van der Waals surface area (Å²) in [6, 6.07) is 12.9. The maximum atomic E-state index is 12.8. The van der Waals surface area contributed by atoms with Crippen molar-refractivity contribution in [3.8, 4) is 0 Å². The third kappa shape index (κ3) is 4.71. The predicted octanol–water partition coefficient (Wildman–Crippen LogP) is 6.05. The van der Waals surface area contributed by atoms with E-state index < -0.39 is 18.9 Å². The van der Waals surface area contributed by atoms with Crippen LogP contribution < -0.4 is 5.32 Å². The molecule has 0 fully saturated rings. The van der Waals surface area contributed by atoms with Gasteiger partial charge in [0.2, 0.25) is 13.3 Å². The van der Waals surface area contributed by atoms with Crippen molar-refractivity contribution in [1.82, 2.24) is 5.32 Å². The van der Waals surface area contributed by atoms with Gasteiger partial charge >= 0.3 is 0 Å². The van der Waals surface area contributed by atoms with Gasteiger partial charge in [0, 0.05) is 27.1 Å². The third-order valence-corrected chi connectivity index (χ3v) is 7.39. The van der Waals surface area contributed by atoms with Gasteiger partial charge in [0.25, 0.3) is 0 Å². The van der Waals surface area contributed by atoms with Crippen molar-refractivity contribution in [3.63, 3.8) is 0 Å². The molecule has 1 aromatic heterocycles. The van der Waals surface area contributed by atoms with Crippen molar-refractivity contribution in [1.29, 1.82) is 0 Å². The first-order valence-electron chi connectivity index (χ1n) is 7.95. The monoisotopic (exact) mass is 483 g/mol. The average molecular weight is 485 g/mol. The molecule has 2 unspecified atom stereocenters. The SMILES string of the molecule is CP(=O)(O)C(C(=O)NC=Cc1ccccc1Br)c1csc2ccc(Cl)cc12. The highest BCUT2D eigenvalue weighted by molar-refractivity contribution is 9.10. The highest BCUT2D eigenvalue weighted by atomic mass is 79.9. The number of carbonyl (C=O) groups is 1. The highest BCUT2D eigenvalue weighted by Gasteiger charge is 2.36. The number of benzene rings is 2. The van der Waals surface area contributed by atoms with Crippen LogP contribution in [0.3, 0.4) is 0 Å². The van der Waals surface area contributed by atoms with Gasteiger partial charge in [0.15, 0.2) is 0 Å². The molecule has 2 atom stereocenters. The molecule has 0 radical (unpaired) electrons. The van der Waals surface area contributed by atoms with Crippen molar-refractivity contribution >= 4 is 68.3 Å². The number of nitrogens with one attached hydrogen (secondary N) is 1. The Bertz CT molecular complexity index is 1080. The van der Waals surface area contributed by atoms with E-state index in [1.54, 1.807) is 23.6 Å². The summed E-state index contributed by atoms with van der Waals surface area (Å²) < 4.78 is 14.3. The molecule has 0 aliphatic heterocycles. The number of halogens is 2. The molecule has 2 N–H and O–H groups in total. The van der Waals surface area contributed by atoms with E-state index in [4.69, 9.17) is 11.6 Å². The van der Waals surface area contributed by atoms with Crippen LogP contribution >= 0.6 is 46.2 Å². The fourth-order valence-corrected chi connectivity index (χ4v) is 5.65. The van der Waals surface area contributed by atoms with Crippen LogP contribution in [0.2, 0.25) is 5.02 Å². The first kappa shape index (κ1) is 20.3. The van der Waals surface area contributed by atoms with Gasteiger partial charge in [0.05, 0.1) is 0 Å². The lowest BCUT2D eigenvalue weighted by Crippen LogP contribution is -2.25. The molecule has 1 amide bonds. The van der Waals surface area contributed by atoms with E-state index >= 15 is 0 Å². The zero-order valence-electron chi connectivity index (χ0n) is 14.2. The van der Waals surface area contributed by atoms with Crippen LogP contribution in [0.5, 0.6) is 0 Å². The summed E-state index contributed by atoms with van der Waals surface area (Å²) in [5, 5.41) is 5.61. The second kappa shape index (κ2) is 8.29. The number of rotatable bonds is 5. The van der Waals surface area contributed by atoms with Crippen LogP contribution in [-0.4, -0.2) is 17.5 Å². The summed E-state index contributed by atoms with van der Waals surface area (Å²) in [5.41, 5.74) is 0.219. The Morgan fingerprint density at radius 3 is 2.78 bits per heavy atom. The maximum Gasteiger partial charge on any atom is 0.241 e. The zero-order chi connectivity index (χ0) is 19.6. The van der Waals surface area contributed by atoms with Crippen LogP contribution in [-0.2, 0) is 9.36 Å². The summed E-state index contributed by atoms with van der Waals surface area (Å²) in [6.45, 7) is 1.20. The Morgan fingerprint density at radius 1 is 1.33 bits per heavy atom. The van der Waals surface area contributed by atoms with E-state index in [1.807, 2.05) is 30.3 Å². The molecule has 0 bridgehead atoms. The Labute approximate surface area is 174 Å². The first-order valence-corrected chi connectivity index (χ1v) is 12.2. The molecule has 0 aliphatic rings. The van der Waals surface area contributed by atoms with Gasteiger partial charge < -0.3 is 10.2 Å². The standard InChI is InChI=1S/C19H16BrClNO3PS/c1-26(24,25)18(15-11-27-17-7-6-13(21)10-14(15)17)19(23)22-9-8-12-4-2-3-5-16(12)20/h2-11,18H,1H3,(H,22,23)(H,24,25). The molecule has 3 rings (SSSR count). The summed E-state index contributed by atoms with van der Waals surface area (Å²) in [7, 11) is -3.75. The lowest BCUT2D eigenvalue weighted by molar-refractivity contribution is -0.120. The molecule has 140 valence electrons. The van der Waals surface area contributed by atoms with E-state index in [0.717, 1.165) is 20.1 Å². The largest absolute Gasteiger partial charge is 0.344 e. The van der Waals surface area contributed by atoms with Gasteiger partial charge in [-0.2, -0.15) is 0 Å². The van der Waals surface area contributed by atoms with Crippen molar-refractivity contribution in [2.24, 2.45) is 0 Å². The Morgan fingerprint density at radius 2 is 2.07 bits per heavy atom. The molecular weight excluding hydrogens is 469 g/mol. The minimum atomic E-state index is -3.75. The number of amides is 1. The van der Waals surface area contributed by atoms with Crippen molar-refractivity contribution in [3.05, 3.63) is 74.7 Å². The summed E-state index contributed by atoms with van der Waals surface area (Å²) in [4.78, 5) is 23.0. The van der Waals surface area contributed by atoms with Crippen LogP contribution in [0, 0.1) is 0 Å². The molecule has 1 heterocycles. The van der Waals surface area contributed by atoms with Gasteiger partial charge in [-0.25, -0.2) is 0 Å². The molecule has 0 saturated heterocycles. The fraction of sp³-hybridized carbons (Fsp3) is 0.105. The lowest BCUT2D eigenvalue weighted by atomic mass is 10.1. The smallest absolute Gasteiger partial charge is 0.241 e. The zero-order valence-corrected chi connectivity index (χ0v) is 18.3. The molecule has 27 heavy (non-hydrogen) atoms. The van der Waals surface area contributed by atoms with Gasteiger partial charge in [-0.3, -0.25) is 9.36 Å². The lowest BCUT2D eigenvalue weighted by Gasteiger charge is -2.18. The second-order valence-corrected chi connectivity index (χ2v) is 10.6. The Hall–Kier alpha value is -1.43. The van der Waals surface area contributed by atoms with E-state index in [2.05, 4.69) is 21.2 Å². The molecule has 0 spiro atoms. The van der Waals surface area contributed by atoms with Crippen molar-refractivity contribution < 1.29 is 14.3 Å². The van der Waals surface area contributed by atoms with Crippen molar-refractivity contribution in [2.45, 2.75) is 5.66 Å². The van der Waals surface area contributed by atoms with Gasteiger partial charge in [-0.1, -0.05) is 45.7 Å². The van der Waals surface area contributed by atoms with E-state index in [-0.39, 0.29) is 0 Å².